The number of aromatic nitrogens is 3. The fraction of sp³-hybridized carbons (Fsp3) is 0.355. The largest absolute Gasteiger partial charge is 0.466 e. The van der Waals surface area contributed by atoms with Crippen molar-refractivity contribution in [3.8, 4) is 0 Å². The Bertz CT molecular complexity index is 1480. The van der Waals surface area contributed by atoms with E-state index in [1.165, 1.54) is 5.56 Å². The van der Waals surface area contributed by atoms with Gasteiger partial charge in [-0.05, 0) is 80.1 Å². The third kappa shape index (κ3) is 4.80. The van der Waals surface area contributed by atoms with E-state index < -0.39 is 0 Å². The van der Waals surface area contributed by atoms with E-state index in [1.54, 1.807) is 0 Å². The molecule has 0 N–H and O–H groups in total. The first-order valence-corrected chi connectivity index (χ1v) is 13.4. The lowest BCUT2D eigenvalue weighted by molar-refractivity contribution is -0.143. The van der Waals surface area contributed by atoms with Crippen molar-refractivity contribution in [1.29, 1.82) is 0 Å². The van der Waals surface area contributed by atoms with Gasteiger partial charge in [-0.3, -0.25) is 9.59 Å². The number of benzene rings is 3. The number of rotatable bonds is 7. The van der Waals surface area contributed by atoms with E-state index in [0.29, 0.717) is 18.7 Å². The summed E-state index contributed by atoms with van der Waals surface area (Å²) in [6.07, 6.45) is 1.02. The van der Waals surface area contributed by atoms with Gasteiger partial charge in [0, 0.05) is 30.6 Å². The van der Waals surface area contributed by atoms with Crippen LogP contribution in [-0.2, 0) is 29.0 Å². The van der Waals surface area contributed by atoms with Crippen LogP contribution < -0.4 is 0 Å². The SMILES string of the molecule is CCOC(=O)CC(c1ccc2c(c1)CN(C(=O)c1ccccc1)C(C)C2)c1ccc2c(nnn2CC)c1C. The van der Waals surface area contributed by atoms with Crippen LogP contribution >= 0.6 is 0 Å². The molecule has 1 aliphatic rings. The normalized spacial score (nSPS) is 15.8. The molecule has 1 aromatic heterocycles. The van der Waals surface area contributed by atoms with Gasteiger partial charge in [0.2, 0.25) is 0 Å². The van der Waals surface area contributed by atoms with Crippen LogP contribution in [0.3, 0.4) is 0 Å². The van der Waals surface area contributed by atoms with Crippen molar-refractivity contribution >= 4 is 22.9 Å². The summed E-state index contributed by atoms with van der Waals surface area (Å²) in [5.74, 6) is -0.396. The summed E-state index contributed by atoms with van der Waals surface area (Å²) in [5.41, 5.74) is 7.98. The van der Waals surface area contributed by atoms with E-state index in [0.717, 1.165) is 46.3 Å². The third-order valence-electron chi connectivity index (χ3n) is 7.64. The van der Waals surface area contributed by atoms with Gasteiger partial charge in [0.1, 0.15) is 5.52 Å². The van der Waals surface area contributed by atoms with Crippen LogP contribution in [-0.4, -0.2) is 44.4 Å². The minimum absolute atomic E-state index is 0.0394. The van der Waals surface area contributed by atoms with Crippen molar-refractivity contribution in [2.45, 2.75) is 65.6 Å². The lowest BCUT2D eigenvalue weighted by Gasteiger charge is -2.35. The number of hydrogen-bond donors (Lipinski definition) is 0. The van der Waals surface area contributed by atoms with Gasteiger partial charge in [-0.25, -0.2) is 4.68 Å². The topological polar surface area (TPSA) is 77.3 Å². The Morgan fingerprint density at radius 1 is 1.05 bits per heavy atom. The number of ether oxygens (including phenoxy) is 1. The van der Waals surface area contributed by atoms with Crippen LogP contribution in [0, 0.1) is 6.92 Å². The lowest BCUT2D eigenvalue weighted by Crippen LogP contribution is -2.42. The number of carbonyl (C=O) groups excluding carboxylic acids is 2. The Hall–Kier alpha value is -4.00. The summed E-state index contributed by atoms with van der Waals surface area (Å²) in [6, 6.07) is 20.1. The molecule has 2 atom stereocenters. The molecule has 1 aliphatic heterocycles. The number of aryl methyl sites for hydroxylation is 2. The molecule has 0 saturated carbocycles. The molecular weight excluding hydrogens is 476 g/mol. The Morgan fingerprint density at radius 3 is 2.58 bits per heavy atom. The maximum absolute atomic E-state index is 13.3. The van der Waals surface area contributed by atoms with E-state index in [-0.39, 0.29) is 30.3 Å². The molecule has 0 aliphatic carbocycles. The number of nitrogens with zero attached hydrogens (tertiary/aromatic N) is 4. The molecule has 38 heavy (non-hydrogen) atoms. The van der Waals surface area contributed by atoms with Gasteiger partial charge in [-0.15, -0.1) is 5.10 Å². The average Bonchev–Trinajstić information content (AvgIpc) is 3.36. The maximum Gasteiger partial charge on any atom is 0.306 e. The monoisotopic (exact) mass is 510 g/mol. The highest BCUT2D eigenvalue weighted by atomic mass is 16.5. The van der Waals surface area contributed by atoms with Crippen molar-refractivity contribution in [1.82, 2.24) is 19.9 Å². The van der Waals surface area contributed by atoms with Gasteiger partial charge in [0.15, 0.2) is 0 Å². The Kier molecular flexibility index (Phi) is 7.27. The van der Waals surface area contributed by atoms with Crippen LogP contribution in [0.15, 0.2) is 60.7 Å². The molecule has 0 radical (unpaired) electrons. The molecule has 0 saturated heterocycles. The van der Waals surface area contributed by atoms with E-state index in [9.17, 15) is 9.59 Å². The zero-order valence-corrected chi connectivity index (χ0v) is 22.5. The first-order valence-electron chi connectivity index (χ1n) is 13.4. The minimum Gasteiger partial charge on any atom is -0.466 e. The molecule has 3 aromatic carbocycles. The molecule has 7 heteroatoms. The van der Waals surface area contributed by atoms with Gasteiger partial charge in [0.05, 0.1) is 18.5 Å². The molecule has 196 valence electrons. The standard InChI is InChI=1S/C31H34N4O3/c1-5-35-28-15-14-26(21(4)30(28)32-33-35)27(18-29(36)38-6-2)24-13-12-23-16-20(3)34(19-25(23)17-24)31(37)22-10-8-7-9-11-22/h7-15,17,20,27H,5-6,16,18-19H2,1-4H3. The maximum atomic E-state index is 13.3. The highest BCUT2D eigenvalue weighted by Gasteiger charge is 2.29. The summed E-state index contributed by atoms with van der Waals surface area (Å²) in [7, 11) is 0. The quantitative estimate of drug-likeness (QED) is 0.310. The van der Waals surface area contributed by atoms with Gasteiger partial charge >= 0.3 is 5.97 Å². The van der Waals surface area contributed by atoms with Crippen molar-refractivity contribution in [3.05, 3.63) is 94.0 Å². The van der Waals surface area contributed by atoms with Crippen molar-refractivity contribution < 1.29 is 14.3 Å². The lowest BCUT2D eigenvalue weighted by atomic mass is 9.83. The number of carbonyl (C=O) groups is 2. The minimum atomic E-state index is -0.235. The second-order valence-corrected chi connectivity index (χ2v) is 9.99. The first-order chi connectivity index (χ1) is 18.4. The van der Waals surface area contributed by atoms with Crippen LogP contribution in [0.25, 0.3) is 11.0 Å². The van der Waals surface area contributed by atoms with Crippen LogP contribution in [0.4, 0.5) is 0 Å². The Morgan fingerprint density at radius 2 is 1.84 bits per heavy atom. The summed E-state index contributed by atoms with van der Waals surface area (Å²) in [5, 5.41) is 8.72. The van der Waals surface area contributed by atoms with Gasteiger partial charge in [0.25, 0.3) is 5.91 Å². The summed E-state index contributed by atoms with van der Waals surface area (Å²) < 4.78 is 7.24. The number of esters is 1. The molecule has 2 heterocycles. The van der Waals surface area contributed by atoms with Crippen LogP contribution in [0.2, 0.25) is 0 Å². The fourth-order valence-corrected chi connectivity index (χ4v) is 5.58. The van der Waals surface area contributed by atoms with Crippen molar-refractivity contribution in [2.75, 3.05) is 6.61 Å². The zero-order chi connectivity index (χ0) is 26.8. The molecule has 7 nitrogen and oxygen atoms in total. The first kappa shape index (κ1) is 25.6. The number of amides is 1. The summed E-state index contributed by atoms with van der Waals surface area (Å²) >= 11 is 0. The smallest absolute Gasteiger partial charge is 0.306 e. The van der Waals surface area contributed by atoms with Gasteiger partial charge < -0.3 is 9.64 Å². The summed E-state index contributed by atoms with van der Waals surface area (Å²) in [6.45, 7) is 9.63. The summed E-state index contributed by atoms with van der Waals surface area (Å²) in [4.78, 5) is 28.0. The van der Waals surface area contributed by atoms with E-state index >= 15 is 0 Å². The highest BCUT2D eigenvalue weighted by molar-refractivity contribution is 5.94. The molecular formula is C31H34N4O3. The molecule has 1 amide bonds. The van der Waals surface area contributed by atoms with E-state index in [2.05, 4.69) is 41.5 Å². The molecule has 5 rings (SSSR count). The van der Waals surface area contributed by atoms with Crippen LogP contribution in [0.1, 0.15) is 71.3 Å². The number of hydrogen-bond acceptors (Lipinski definition) is 5. The molecule has 4 aromatic rings. The molecule has 0 fully saturated rings. The van der Waals surface area contributed by atoms with Gasteiger partial charge in [-0.2, -0.15) is 0 Å². The second kappa shape index (κ2) is 10.8. The molecule has 0 spiro atoms. The van der Waals surface area contributed by atoms with Gasteiger partial charge in [-0.1, -0.05) is 47.7 Å². The van der Waals surface area contributed by atoms with Crippen molar-refractivity contribution in [2.24, 2.45) is 0 Å². The zero-order valence-electron chi connectivity index (χ0n) is 22.5. The predicted octanol–water partition coefficient (Wildman–Crippen LogP) is 5.43. The molecule has 2 unspecified atom stereocenters. The van der Waals surface area contributed by atoms with E-state index in [1.807, 2.05) is 66.8 Å². The van der Waals surface area contributed by atoms with Crippen molar-refractivity contribution in [3.63, 3.8) is 0 Å². The predicted molar refractivity (Wildman–Crippen MR) is 147 cm³/mol. The van der Waals surface area contributed by atoms with E-state index in [4.69, 9.17) is 4.74 Å². The number of fused-ring (bicyclic) bond motifs is 2. The molecule has 0 bridgehead atoms. The Balaban J connectivity index is 1.53. The van der Waals surface area contributed by atoms with Crippen LogP contribution in [0.5, 0.6) is 0 Å². The average molecular weight is 511 g/mol. The Labute approximate surface area is 223 Å². The fourth-order valence-electron chi connectivity index (χ4n) is 5.58. The second-order valence-electron chi connectivity index (χ2n) is 9.99. The highest BCUT2D eigenvalue weighted by Crippen LogP contribution is 2.36. The third-order valence-corrected chi connectivity index (χ3v) is 7.64.